The van der Waals surface area contributed by atoms with Crippen LogP contribution in [-0.2, 0) is 6.42 Å². The van der Waals surface area contributed by atoms with Crippen molar-refractivity contribution in [3.63, 3.8) is 0 Å². The van der Waals surface area contributed by atoms with Crippen LogP contribution in [0.3, 0.4) is 0 Å². The van der Waals surface area contributed by atoms with Crippen LogP contribution in [0.2, 0.25) is 5.02 Å². The van der Waals surface area contributed by atoms with Gasteiger partial charge >= 0.3 is 0 Å². The van der Waals surface area contributed by atoms with E-state index in [4.69, 9.17) is 16.0 Å². The van der Waals surface area contributed by atoms with Crippen LogP contribution in [0.4, 0.5) is 0 Å². The van der Waals surface area contributed by atoms with Gasteiger partial charge in [-0.05, 0) is 53.5 Å². The van der Waals surface area contributed by atoms with Gasteiger partial charge in [-0.25, -0.2) is 0 Å². The van der Waals surface area contributed by atoms with Crippen LogP contribution in [0.25, 0.3) is 22.6 Å². The normalized spacial score (nSPS) is 11.0. The molecule has 0 radical (unpaired) electrons. The summed E-state index contributed by atoms with van der Waals surface area (Å²) in [5.74, 6) is 1.76. The van der Waals surface area contributed by atoms with Crippen LogP contribution < -0.4 is 0 Å². The molecule has 3 rings (SSSR count). The molecule has 0 amide bonds. The Morgan fingerprint density at radius 3 is 2.09 bits per heavy atom. The molecule has 0 saturated heterocycles. The highest BCUT2D eigenvalue weighted by Gasteiger charge is 2.20. The molecule has 118 valence electrons. The quantitative estimate of drug-likeness (QED) is 0.378. The Kier molecular flexibility index (Phi) is 5.30. The van der Waals surface area contributed by atoms with Gasteiger partial charge in [-0.2, -0.15) is 0 Å². The number of alkyl halides is 1. The van der Waals surface area contributed by atoms with Gasteiger partial charge in [0.2, 0.25) is 0 Å². The number of aryl methyl sites for hydroxylation is 1. The number of halogens is 3. The van der Waals surface area contributed by atoms with E-state index in [1.165, 1.54) is 11.1 Å². The molecule has 0 aliphatic heterocycles. The molecule has 0 unspecified atom stereocenters. The van der Waals surface area contributed by atoms with Gasteiger partial charge in [0, 0.05) is 27.0 Å². The zero-order valence-electron chi connectivity index (χ0n) is 12.6. The maximum atomic E-state index is 6.24. The zero-order chi connectivity index (χ0) is 16.4. The van der Waals surface area contributed by atoms with Crippen LogP contribution >= 0.6 is 43.5 Å². The van der Waals surface area contributed by atoms with Gasteiger partial charge in [0.15, 0.2) is 0 Å². The van der Waals surface area contributed by atoms with Gasteiger partial charge in [0.1, 0.15) is 11.5 Å². The van der Waals surface area contributed by atoms with Crippen molar-refractivity contribution in [3.05, 3.63) is 69.2 Å². The third-order valence-corrected chi connectivity index (χ3v) is 5.19. The predicted octanol–water partition coefficient (Wildman–Crippen LogP) is 7.28. The Morgan fingerprint density at radius 2 is 1.48 bits per heavy atom. The minimum atomic E-state index is 0.722. The fourth-order valence-electron chi connectivity index (χ4n) is 2.49. The Bertz CT molecular complexity index is 805. The highest BCUT2D eigenvalue weighted by atomic mass is 79.9. The Hall–Kier alpha value is -1.03. The van der Waals surface area contributed by atoms with Crippen molar-refractivity contribution >= 4 is 43.5 Å². The lowest BCUT2D eigenvalue weighted by atomic mass is 10.1. The fraction of sp³-hybridized carbons (Fsp3) is 0.158. The third-order valence-electron chi connectivity index (χ3n) is 3.71. The topological polar surface area (TPSA) is 13.1 Å². The summed E-state index contributed by atoms with van der Waals surface area (Å²) in [5.41, 5.74) is 4.50. The van der Waals surface area contributed by atoms with Gasteiger partial charge in [-0.15, -0.1) is 0 Å². The molecule has 3 aromatic rings. The lowest BCUT2D eigenvalue weighted by molar-refractivity contribution is 0.593. The number of furan rings is 1. The highest BCUT2D eigenvalue weighted by Crippen LogP contribution is 2.41. The number of hydrogen-bond acceptors (Lipinski definition) is 1. The SMILES string of the molecule is Cc1ccc(-c2oc(-c3ccc(Cl)cc3)c(CCBr)c2Br)cc1. The monoisotopic (exact) mass is 452 g/mol. The van der Waals surface area contributed by atoms with Crippen molar-refractivity contribution < 1.29 is 4.42 Å². The standard InChI is InChI=1S/C19H15Br2ClO/c1-12-2-4-14(5-3-12)19-17(21)16(10-11-20)18(23-19)13-6-8-15(22)9-7-13/h2-9H,10-11H2,1H3. The Balaban J connectivity index is 2.14. The van der Waals surface area contributed by atoms with Crippen LogP contribution in [0, 0.1) is 6.92 Å². The molecule has 1 aromatic heterocycles. The number of hydrogen-bond donors (Lipinski definition) is 0. The molecule has 0 fully saturated rings. The van der Waals surface area contributed by atoms with E-state index in [0.717, 1.165) is 43.9 Å². The summed E-state index contributed by atoms with van der Waals surface area (Å²) in [4.78, 5) is 0. The van der Waals surface area contributed by atoms with Crippen LogP contribution in [0.5, 0.6) is 0 Å². The largest absolute Gasteiger partial charge is 0.455 e. The maximum Gasteiger partial charge on any atom is 0.149 e. The molecule has 0 bridgehead atoms. The molecular weight excluding hydrogens is 439 g/mol. The molecule has 0 aliphatic carbocycles. The highest BCUT2D eigenvalue weighted by molar-refractivity contribution is 9.10. The summed E-state index contributed by atoms with van der Waals surface area (Å²) in [6, 6.07) is 16.1. The van der Waals surface area contributed by atoms with E-state index in [1.807, 2.05) is 24.3 Å². The smallest absolute Gasteiger partial charge is 0.149 e. The second-order valence-electron chi connectivity index (χ2n) is 5.36. The van der Waals surface area contributed by atoms with E-state index in [0.29, 0.717) is 0 Å². The predicted molar refractivity (Wildman–Crippen MR) is 105 cm³/mol. The van der Waals surface area contributed by atoms with Crippen LogP contribution in [0.15, 0.2) is 57.4 Å². The summed E-state index contributed by atoms with van der Waals surface area (Å²) in [5, 5.41) is 1.60. The average molecular weight is 455 g/mol. The van der Waals surface area contributed by atoms with E-state index >= 15 is 0 Å². The van der Waals surface area contributed by atoms with Gasteiger partial charge in [-0.3, -0.25) is 0 Å². The molecule has 0 spiro atoms. The lowest BCUT2D eigenvalue weighted by Gasteiger charge is -2.01. The van der Waals surface area contributed by atoms with Crippen molar-refractivity contribution in [1.29, 1.82) is 0 Å². The minimum absolute atomic E-state index is 0.722. The molecule has 1 nitrogen and oxygen atoms in total. The molecule has 0 atom stereocenters. The number of rotatable bonds is 4. The van der Waals surface area contributed by atoms with E-state index in [2.05, 4.69) is 63.0 Å². The maximum absolute atomic E-state index is 6.24. The summed E-state index contributed by atoms with van der Waals surface area (Å²) in [6.45, 7) is 2.08. The number of benzene rings is 2. The van der Waals surface area contributed by atoms with E-state index in [1.54, 1.807) is 0 Å². The first kappa shape index (κ1) is 16.8. The second-order valence-corrected chi connectivity index (χ2v) is 7.39. The van der Waals surface area contributed by atoms with Crippen molar-refractivity contribution in [3.8, 4) is 22.6 Å². The molecule has 2 aromatic carbocycles. The van der Waals surface area contributed by atoms with Crippen molar-refractivity contribution in [2.45, 2.75) is 13.3 Å². The lowest BCUT2D eigenvalue weighted by Crippen LogP contribution is -1.88. The van der Waals surface area contributed by atoms with Crippen LogP contribution in [-0.4, -0.2) is 5.33 Å². The molecule has 23 heavy (non-hydrogen) atoms. The summed E-state index contributed by atoms with van der Waals surface area (Å²) in [7, 11) is 0. The zero-order valence-corrected chi connectivity index (χ0v) is 16.5. The molecule has 1 heterocycles. The summed E-state index contributed by atoms with van der Waals surface area (Å²) >= 11 is 13.3. The molecular formula is C19H15Br2ClO. The van der Waals surface area contributed by atoms with E-state index in [9.17, 15) is 0 Å². The van der Waals surface area contributed by atoms with Gasteiger partial charge in [-0.1, -0.05) is 57.4 Å². The van der Waals surface area contributed by atoms with Gasteiger partial charge in [0.05, 0.1) is 4.47 Å². The van der Waals surface area contributed by atoms with Crippen molar-refractivity contribution in [2.75, 3.05) is 5.33 Å². The average Bonchev–Trinajstić information content (AvgIpc) is 2.87. The van der Waals surface area contributed by atoms with E-state index in [-0.39, 0.29) is 0 Å². The second kappa shape index (κ2) is 7.25. The van der Waals surface area contributed by atoms with E-state index < -0.39 is 0 Å². The van der Waals surface area contributed by atoms with Gasteiger partial charge in [0.25, 0.3) is 0 Å². The molecule has 0 aliphatic rings. The Morgan fingerprint density at radius 1 is 0.913 bits per heavy atom. The first-order valence-electron chi connectivity index (χ1n) is 7.30. The third kappa shape index (κ3) is 3.57. The first-order chi connectivity index (χ1) is 11.1. The van der Waals surface area contributed by atoms with Crippen molar-refractivity contribution in [1.82, 2.24) is 0 Å². The fourth-order valence-corrected chi connectivity index (χ4v) is 3.70. The van der Waals surface area contributed by atoms with Crippen LogP contribution in [0.1, 0.15) is 11.1 Å². The summed E-state index contributed by atoms with van der Waals surface area (Å²) in [6.07, 6.45) is 0.883. The first-order valence-corrected chi connectivity index (χ1v) is 9.59. The molecule has 0 saturated carbocycles. The van der Waals surface area contributed by atoms with Gasteiger partial charge < -0.3 is 4.42 Å². The molecule has 4 heteroatoms. The van der Waals surface area contributed by atoms with Crippen molar-refractivity contribution in [2.24, 2.45) is 0 Å². The summed E-state index contributed by atoms with van der Waals surface area (Å²) < 4.78 is 7.26. The molecule has 0 N–H and O–H groups in total. The Labute approximate surface area is 157 Å². The minimum Gasteiger partial charge on any atom is -0.455 e.